The second-order valence-corrected chi connectivity index (χ2v) is 7.44. The number of likely N-dealkylation sites (tertiary alicyclic amines) is 1. The summed E-state index contributed by atoms with van der Waals surface area (Å²) in [7, 11) is 2.70. The molecular weight excluding hydrogens is 370 g/mol. The molecule has 1 amide bonds. The van der Waals surface area contributed by atoms with E-state index in [0.717, 1.165) is 37.1 Å². The number of benzene rings is 1. The van der Waals surface area contributed by atoms with Gasteiger partial charge in [-0.2, -0.15) is 0 Å². The second-order valence-electron chi connectivity index (χ2n) is 7.44. The fourth-order valence-corrected chi connectivity index (χ4v) is 3.89. The third-order valence-electron chi connectivity index (χ3n) is 5.53. The predicted molar refractivity (Wildman–Crippen MR) is 108 cm³/mol. The van der Waals surface area contributed by atoms with E-state index < -0.39 is 0 Å². The van der Waals surface area contributed by atoms with Gasteiger partial charge in [0.1, 0.15) is 0 Å². The minimum absolute atomic E-state index is 0.0559. The number of allylic oxidation sites excluding steroid dienone is 2. The summed E-state index contributed by atoms with van der Waals surface area (Å²) >= 11 is 0. The average Bonchev–Trinajstić information content (AvgIpc) is 2.74. The zero-order valence-electron chi connectivity index (χ0n) is 17.2. The molecule has 0 N–H and O–H groups in total. The Bertz CT molecular complexity index is 890. The topological polar surface area (TPSA) is 72.9 Å². The van der Waals surface area contributed by atoms with Crippen molar-refractivity contribution in [2.24, 2.45) is 0 Å². The fraction of sp³-hybridized carbons (Fsp3) is 0.435. The van der Waals surface area contributed by atoms with Gasteiger partial charge in [-0.05, 0) is 37.3 Å². The number of piperidine rings is 1. The molecule has 1 aliphatic heterocycles. The molecule has 0 radical (unpaired) electrons. The molecule has 0 unspecified atom stereocenters. The van der Waals surface area contributed by atoms with Crippen LogP contribution in [-0.2, 0) is 36.7 Å². The van der Waals surface area contributed by atoms with Crippen molar-refractivity contribution in [3.63, 3.8) is 0 Å². The number of amides is 1. The zero-order chi connectivity index (χ0) is 21.0. The van der Waals surface area contributed by atoms with Gasteiger partial charge < -0.3 is 14.4 Å². The van der Waals surface area contributed by atoms with E-state index in [0.29, 0.717) is 24.0 Å². The Labute approximate surface area is 171 Å². The maximum absolute atomic E-state index is 12.8. The van der Waals surface area contributed by atoms with Gasteiger partial charge in [0.25, 0.3) is 0 Å². The molecule has 6 nitrogen and oxygen atoms in total. The van der Waals surface area contributed by atoms with Gasteiger partial charge in [-0.3, -0.25) is 14.4 Å². The van der Waals surface area contributed by atoms with Crippen LogP contribution in [0.1, 0.15) is 37.3 Å². The Kier molecular flexibility index (Phi) is 6.52. The van der Waals surface area contributed by atoms with Crippen molar-refractivity contribution in [3.8, 4) is 0 Å². The summed E-state index contributed by atoms with van der Waals surface area (Å²) < 4.78 is 10.2. The smallest absolute Gasteiger partial charge is 0.228 e. The number of rotatable bonds is 6. The molecule has 1 saturated heterocycles. The number of hydrogen-bond acceptors (Lipinski definition) is 5. The lowest BCUT2D eigenvalue weighted by Crippen LogP contribution is -2.36. The lowest BCUT2D eigenvalue weighted by atomic mass is 9.88. The number of Topliss-reactive ketones (excluding diaryl/α,β-unsaturated/α-hetero) is 2. The van der Waals surface area contributed by atoms with Crippen molar-refractivity contribution in [2.45, 2.75) is 39.0 Å². The van der Waals surface area contributed by atoms with Crippen molar-refractivity contribution in [2.75, 3.05) is 27.3 Å². The van der Waals surface area contributed by atoms with Gasteiger partial charge in [0.15, 0.2) is 0 Å². The number of carbonyl (C=O) groups is 3. The zero-order valence-corrected chi connectivity index (χ0v) is 17.2. The number of carbonyl (C=O) groups excluding carboxylic acids is 3. The van der Waals surface area contributed by atoms with Gasteiger partial charge in [0.05, 0.1) is 20.6 Å². The molecule has 0 atom stereocenters. The molecule has 3 rings (SSSR count). The van der Waals surface area contributed by atoms with Crippen LogP contribution in [-0.4, -0.2) is 49.7 Å². The Morgan fingerprint density at radius 3 is 2.24 bits per heavy atom. The van der Waals surface area contributed by atoms with Crippen LogP contribution >= 0.6 is 0 Å². The summed E-state index contributed by atoms with van der Waals surface area (Å²) in [5, 5.41) is 0. The van der Waals surface area contributed by atoms with Crippen LogP contribution in [0.25, 0.3) is 0 Å². The van der Waals surface area contributed by atoms with Crippen molar-refractivity contribution < 1.29 is 23.9 Å². The van der Waals surface area contributed by atoms with E-state index >= 15 is 0 Å². The van der Waals surface area contributed by atoms with Crippen LogP contribution in [0.2, 0.25) is 0 Å². The third kappa shape index (κ3) is 4.42. The van der Waals surface area contributed by atoms with Crippen LogP contribution in [0.4, 0.5) is 0 Å². The number of nitrogens with zero attached hydrogens (tertiary/aromatic N) is 1. The molecule has 0 saturated carbocycles. The monoisotopic (exact) mass is 397 g/mol. The van der Waals surface area contributed by atoms with Crippen molar-refractivity contribution in [3.05, 3.63) is 58.1 Å². The first-order valence-electron chi connectivity index (χ1n) is 9.93. The molecule has 2 aliphatic rings. The molecule has 1 heterocycles. The third-order valence-corrected chi connectivity index (χ3v) is 5.53. The summed E-state index contributed by atoms with van der Waals surface area (Å²) in [6, 6.07) is 7.63. The summed E-state index contributed by atoms with van der Waals surface area (Å²) in [6.07, 6.45) is 3.95. The number of hydrogen-bond donors (Lipinski definition) is 0. The predicted octanol–water partition coefficient (Wildman–Crippen LogP) is 2.76. The molecular formula is C23H27NO5. The standard InChI is InChI=1S/C23H27NO5/c1-15-18(21(27)23(29-3)22(28-2)20(15)26)13-16-8-7-9-17(12-16)14-19(25)24-10-5-4-6-11-24/h7-9,12H,4-6,10-11,13-14H2,1-3H3. The minimum atomic E-state index is -0.338. The van der Waals surface area contributed by atoms with E-state index in [4.69, 9.17) is 9.47 Å². The number of ketones is 2. The molecule has 0 aromatic heterocycles. The van der Waals surface area contributed by atoms with Crippen LogP contribution in [0.3, 0.4) is 0 Å². The highest BCUT2D eigenvalue weighted by molar-refractivity contribution is 6.23. The fourth-order valence-electron chi connectivity index (χ4n) is 3.89. The first kappa shape index (κ1) is 20.8. The van der Waals surface area contributed by atoms with Crippen LogP contribution in [0.5, 0.6) is 0 Å². The van der Waals surface area contributed by atoms with Gasteiger partial charge in [-0.15, -0.1) is 0 Å². The molecule has 0 bridgehead atoms. The maximum atomic E-state index is 12.8. The van der Waals surface area contributed by atoms with Gasteiger partial charge in [-0.1, -0.05) is 24.3 Å². The highest BCUT2D eigenvalue weighted by Crippen LogP contribution is 2.28. The Morgan fingerprint density at radius 1 is 0.966 bits per heavy atom. The molecule has 1 aromatic carbocycles. The molecule has 154 valence electrons. The van der Waals surface area contributed by atoms with Gasteiger partial charge in [-0.25, -0.2) is 0 Å². The van der Waals surface area contributed by atoms with Crippen LogP contribution < -0.4 is 0 Å². The lowest BCUT2D eigenvalue weighted by Gasteiger charge is -2.26. The Morgan fingerprint density at radius 2 is 1.59 bits per heavy atom. The van der Waals surface area contributed by atoms with E-state index in [1.54, 1.807) is 6.92 Å². The number of ether oxygens (including phenoxy) is 2. The van der Waals surface area contributed by atoms with E-state index in [-0.39, 0.29) is 29.0 Å². The van der Waals surface area contributed by atoms with E-state index in [1.165, 1.54) is 20.6 Å². The molecule has 6 heteroatoms. The van der Waals surface area contributed by atoms with E-state index in [9.17, 15) is 14.4 Å². The summed E-state index contributed by atoms with van der Waals surface area (Å²) in [5.74, 6) is -0.656. The molecule has 1 aliphatic carbocycles. The minimum Gasteiger partial charge on any atom is -0.489 e. The molecule has 0 spiro atoms. The van der Waals surface area contributed by atoms with Crippen LogP contribution in [0, 0.1) is 0 Å². The largest absolute Gasteiger partial charge is 0.489 e. The van der Waals surface area contributed by atoms with Gasteiger partial charge in [0, 0.05) is 30.7 Å². The Balaban J connectivity index is 1.77. The number of methoxy groups -OCH3 is 2. The normalized spacial score (nSPS) is 17.7. The lowest BCUT2D eigenvalue weighted by molar-refractivity contribution is -0.131. The first-order chi connectivity index (χ1) is 14.0. The van der Waals surface area contributed by atoms with Crippen LogP contribution in [0.15, 0.2) is 46.9 Å². The Hall–Kier alpha value is -2.89. The van der Waals surface area contributed by atoms with E-state index in [1.807, 2.05) is 29.2 Å². The summed E-state index contributed by atoms with van der Waals surface area (Å²) in [5.41, 5.74) is 2.54. The highest BCUT2D eigenvalue weighted by Gasteiger charge is 2.34. The average molecular weight is 397 g/mol. The highest BCUT2D eigenvalue weighted by atomic mass is 16.5. The summed E-state index contributed by atoms with van der Waals surface area (Å²) in [6.45, 7) is 3.29. The first-order valence-corrected chi connectivity index (χ1v) is 9.93. The van der Waals surface area contributed by atoms with E-state index in [2.05, 4.69) is 0 Å². The SMILES string of the molecule is COC1=C(OC)C(=O)C(Cc2cccc(CC(=O)N3CCCCC3)c2)=C(C)C1=O. The van der Waals surface area contributed by atoms with Crippen molar-refractivity contribution in [1.82, 2.24) is 4.90 Å². The quantitative estimate of drug-likeness (QED) is 0.690. The second kappa shape index (κ2) is 9.07. The molecule has 1 fully saturated rings. The molecule has 29 heavy (non-hydrogen) atoms. The molecule has 1 aromatic rings. The van der Waals surface area contributed by atoms with Gasteiger partial charge in [0.2, 0.25) is 29.0 Å². The maximum Gasteiger partial charge on any atom is 0.228 e. The van der Waals surface area contributed by atoms with Crippen molar-refractivity contribution >= 4 is 17.5 Å². The van der Waals surface area contributed by atoms with Crippen molar-refractivity contribution in [1.29, 1.82) is 0 Å². The van der Waals surface area contributed by atoms with Gasteiger partial charge >= 0.3 is 0 Å². The summed E-state index contributed by atoms with van der Waals surface area (Å²) in [4.78, 5) is 39.8.